The van der Waals surface area contributed by atoms with E-state index in [4.69, 9.17) is 4.74 Å². The van der Waals surface area contributed by atoms with Gasteiger partial charge in [0.25, 0.3) is 5.91 Å². The lowest BCUT2D eigenvalue weighted by Gasteiger charge is -2.20. The molecule has 0 spiro atoms. The lowest BCUT2D eigenvalue weighted by molar-refractivity contribution is -0.127. The summed E-state index contributed by atoms with van der Waals surface area (Å²) in [6.45, 7) is 1.57. The number of carbonyl (C=O) groups is 1. The van der Waals surface area contributed by atoms with Crippen LogP contribution in [-0.4, -0.2) is 37.8 Å². The van der Waals surface area contributed by atoms with Gasteiger partial charge in [0.2, 0.25) is 10.0 Å². The van der Waals surface area contributed by atoms with Gasteiger partial charge in [-0.25, -0.2) is 8.42 Å². The second-order valence-electron chi connectivity index (χ2n) is 7.60. The van der Waals surface area contributed by atoms with E-state index in [-0.39, 0.29) is 10.8 Å². The minimum atomic E-state index is -3.51. The third-order valence-electron chi connectivity index (χ3n) is 5.51. The number of ether oxygens (including phenoxy) is 1. The van der Waals surface area contributed by atoms with Crippen molar-refractivity contribution in [3.63, 3.8) is 0 Å². The number of amides is 1. The second-order valence-corrected chi connectivity index (χ2v) is 9.54. The van der Waals surface area contributed by atoms with Crippen molar-refractivity contribution in [3.8, 4) is 5.75 Å². The zero-order valence-electron chi connectivity index (χ0n) is 16.3. The molecule has 2 aromatic carbocycles. The first-order valence-electron chi connectivity index (χ1n) is 10.2. The molecule has 1 unspecified atom stereocenters. The van der Waals surface area contributed by atoms with E-state index in [1.807, 2.05) is 30.3 Å². The highest BCUT2D eigenvalue weighted by molar-refractivity contribution is 7.89. The molecule has 0 aromatic heterocycles. The number of benzene rings is 2. The molecule has 0 saturated carbocycles. The van der Waals surface area contributed by atoms with Gasteiger partial charge < -0.3 is 10.1 Å². The number of hydrogen-bond donors (Lipinski definition) is 1. The SMILES string of the molecule is O=C(NCc1ccccc1)C1Cc2cc(S(=O)(=O)N3CCCCCC3)ccc2O1. The van der Waals surface area contributed by atoms with E-state index in [1.165, 1.54) is 0 Å². The predicted molar refractivity (Wildman–Crippen MR) is 110 cm³/mol. The van der Waals surface area contributed by atoms with E-state index < -0.39 is 16.1 Å². The standard InChI is InChI=1S/C22H26N2O4S/c25-22(23-16-17-8-4-3-5-9-17)21-15-18-14-19(10-11-20(18)28-21)29(26,27)24-12-6-1-2-7-13-24/h3-5,8-11,14,21H,1-2,6-7,12-13,15-16H2,(H,23,25). The minimum absolute atomic E-state index is 0.193. The first kappa shape index (κ1) is 19.9. The average molecular weight is 415 g/mol. The summed E-state index contributed by atoms with van der Waals surface area (Å²) in [5.41, 5.74) is 1.78. The van der Waals surface area contributed by atoms with Gasteiger partial charge in [0.1, 0.15) is 5.75 Å². The molecule has 2 aromatic rings. The quantitative estimate of drug-likeness (QED) is 0.816. The second kappa shape index (κ2) is 8.55. The number of hydrogen-bond acceptors (Lipinski definition) is 4. The molecule has 0 bridgehead atoms. The molecule has 2 aliphatic heterocycles. The highest BCUT2D eigenvalue weighted by Crippen LogP contribution is 2.32. The maximum atomic E-state index is 13.0. The van der Waals surface area contributed by atoms with Crippen molar-refractivity contribution in [1.82, 2.24) is 9.62 Å². The van der Waals surface area contributed by atoms with Crippen LogP contribution in [0.5, 0.6) is 5.75 Å². The lowest BCUT2D eigenvalue weighted by Crippen LogP contribution is -2.37. The summed E-state index contributed by atoms with van der Waals surface area (Å²) in [7, 11) is -3.51. The number of carbonyl (C=O) groups excluding carboxylic acids is 1. The highest BCUT2D eigenvalue weighted by atomic mass is 32.2. The van der Waals surface area contributed by atoms with Gasteiger partial charge in [-0.05, 0) is 42.2 Å². The Kier molecular flexibility index (Phi) is 5.87. The number of fused-ring (bicyclic) bond motifs is 1. The topological polar surface area (TPSA) is 75.7 Å². The molecule has 1 N–H and O–H groups in total. The van der Waals surface area contributed by atoms with Gasteiger partial charge in [0, 0.05) is 26.1 Å². The first-order chi connectivity index (χ1) is 14.0. The van der Waals surface area contributed by atoms with E-state index in [1.54, 1.807) is 22.5 Å². The number of sulfonamides is 1. The summed E-state index contributed by atoms with van der Waals surface area (Å²) in [6, 6.07) is 14.6. The molecule has 6 nitrogen and oxygen atoms in total. The summed E-state index contributed by atoms with van der Waals surface area (Å²) in [4.78, 5) is 12.8. The maximum absolute atomic E-state index is 13.0. The molecule has 29 heavy (non-hydrogen) atoms. The Labute approximate surface area is 171 Å². The number of rotatable bonds is 5. The maximum Gasteiger partial charge on any atom is 0.261 e. The zero-order valence-corrected chi connectivity index (χ0v) is 17.2. The van der Waals surface area contributed by atoms with Crippen LogP contribution in [-0.2, 0) is 27.8 Å². The molecule has 4 rings (SSSR count). The van der Waals surface area contributed by atoms with Crippen LogP contribution in [0.25, 0.3) is 0 Å². The predicted octanol–water partition coefficient (Wildman–Crippen LogP) is 2.87. The van der Waals surface area contributed by atoms with Crippen LogP contribution >= 0.6 is 0 Å². The van der Waals surface area contributed by atoms with Crippen LogP contribution in [0.4, 0.5) is 0 Å². The van der Waals surface area contributed by atoms with Crippen LogP contribution in [0.2, 0.25) is 0 Å². The van der Waals surface area contributed by atoms with Crippen molar-refractivity contribution in [3.05, 3.63) is 59.7 Å². The summed E-state index contributed by atoms with van der Waals surface area (Å²) in [5, 5.41) is 2.89. The normalized spacial score (nSPS) is 19.8. The van der Waals surface area contributed by atoms with Crippen LogP contribution in [0, 0.1) is 0 Å². The molecule has 2 aliphatic rings. The third-order valence-corrected chi connectivity index (χ3v) is 7.41. The number of nitrogens with one attached hydrogen (secondary N) is 1. The molecular formula is C22H26N2O4S. The molecule has 0 aliphatic carbocycles. The fourth-order valence-corrected chi connectivity index (χ4v) is 5.43. The largest absolute Gasteiger partial charge is 0.480 e. The van der Waals surface area contributed by atoms with Crippen LogP contribution in [0.3, 0.4) is 0 Å². The third kappa shape index (κ3) is 4.46. The van der Waals surface area contributed by atoms with E-state index >= 15 is 0 Å². The molecule has 1 amide bonds. The smallest absolute Gasteiger partial charge is 0.261 e. The summed E-state index contributed by atoms with van der Waals surface area (Å²) in [6.07, 6.45) is 3.69. The molecule has 1 saturated heterocycles. The Hall–Kier alpha value is -2.38. The van der Waals surface area contributed by atoms with Crippen molar-refractivity contribution in [1.29, 1.82) is 0 Å². The molecule has 154 valence electrons. The van der Waals surface area contributed by atoms with Gasteiger partial charge in [-0.3, -0.25) is 4.79 Å². The van der Waals surface area contributed by atoms with Crippen molar-refractivity contribution >= 4 is 15.9 Å². The molecule has 7 heteroatoms. The molecular weight excluding hydrogens is 388 g/mol. The molecule has 2 heterocycles. The summed E-state index contributed by atoms with van der Waals surface area (Å²) < 4.78 is 33.4. The van der Waals surface area contributed by atoms with Gasteiger partial charge in [-0.1, -0.05) is 43.2 Å². The monoisotopic (exact) mass is 414 g/mol. The van der Waals surface area contributed by atoms with E-state index in [2.05, 4.69) is 5.32 Å². The fraction of sp³-hybridized carbons (Fsp3) is 0.409. The van der Waals surface area contributed by atoms with Crippen molar-refractivity contribution < 1.29 is 17.9 Å². The van der Waals surface area contributed by atoms with Crippen molar-refractivity contribution in [2.75, 3.05) is 13.1 Å². The lowest BCUT2D eigenvalue weighted by atomic mass is 10.1. The average Bonchev–Trinajstić information content (AvgIpc) is 2.97. The minimum Gasteiger partial charge on any atom is -0.480 e. The Morgan fingerprint density at radius 1 is 1.03 bits per heavy atom. The van der Waals surface area contributed by atoms with Gasteiger partial charge in [0.05, 0.1) is 4.90 Å². The van der Waals surface area contributed by atoms with Gasteiger partial charge in [-0.15, -0.1) is 0 Å². The Bertz CT molecular complexity index is 968. The van der Waals surface area contributed by atoms with Crippen LogP contribution in [0.1, 0.15) is 36.8 Å². The first-order valence-corrected chi connectivity index (χ1v) is 11.6. The van der Waals surface area contributed by atoms with Gasteiger partial charge >= 0.3 is 0 Å². The summed E-state index contributed by atoms with van der Waals surface area (Å²) >= 11 is 0. The van der Waals surface area contributed by atoms with E-state index in [0.717, 1.165) is 36.8 Å². The van der Waals surface area contributed by atoms with Crippen LogP contribution in [0.15, 0.2) is 53.4 Å². The Balaban J connectivity index is 1.43. The Morgan fingerprint density at radius 2 is 1.76 bits per heavy atom. The van der Waals surface area contributed by atoms with Crippen LogP contribution < -0.4 is 10.1 Å². The highest BCUT2D eigenvalue weighted by Gasteiger charge is 2.32. The molecule has 0 radical (unpaired) electrons. The fourth-order valence-electron chi connectivity index (χ4n) is 3.86. The molecule has 1 atom stereocenters. The zero-order chi connectivity index (χ0) is 20.3. The Morgan fingerprint density at radius 3 is 2.48 bits per heavy atom. The number of nitrogens with zero attached hydrogens (tertiary/aromatic N) is 1. The van der Waals surface area contributed by atoms with Gasteiger partial charge in [0.15, 0.2) is 6.10 Å². The van der Waals surface area contributed by atoms with Crippen molar-refractivity contribution in [2.45, 2.75) is 49.6 Å². The van der Waals surface area contributed by atoms with E-state index in [0.29, 0.717) is 31.8 Å². The van der Waals surface area contributed by atoms with E-state index in [9.17, 15) is 13.2 Å². The molecule has 1 fully saturated rings. The van der Waals surface area contributed by atoms with Gasteiger partial charge in [-0.2, -0.15) is 4.31 Å². The summed E-state index contributed by atoms with van der Waals surface area (Å²) in [5.74, 6) is 0.390. The van der Waals surface area contributed by atoms with Crippen molar-refractivity contribution in [2.24, 2.45) is 0 Å².